The number of anilines is 1. The molecular formula is C15H23N3O2. The average molecular weight is 277 g/mol. The SMILES string of the molecule is O=C(CC1CCCOC1)Nc1ccnn1C1CCCC1. The number of aromatic nitrogens is 2. The van der Waals surface area contributed by atoms with E-state index < -0.39 is 0 Å². The third kappa shape index (κ3) is 3.20. The van der Waals surface area contributed by atoms with E-state index in [9.17, 15) is 4.79 Å². The van der Waals surface area contributed by atoms with Crippen molar-refractivity contribution in [2.75, 3.05) is 18.5 Å². The van der Waals surface area contributed by atoms with Crippen LogP contribution in [0.4, 0.5) is 5.82 Å². The summed E-state index contributed by atoms with van der Waals surface area (Å²) in [6.45, 7) is 1.56. The topological polar surface area (TPSA) is 56.1 Å². The van der Waals surface area contributed by atoms with E-state index in [1.807, 2.05) is 10.7 Å². The largest absolute Gasteiger partial charge is 0.381 e. The molecule has 1 atom stereocenters. The van der Waals surface area contributed by atoms with Crippen LogP contribution in [0.25, 0.3) is 0 Å². The van der Waals surface area contributed by atoms with Gasteiger partial charge in [0.2, 0.25) is 5.91 Å². The molecule has 1 amide bonds. The Morgan fingerprint density at radius 1 is 1.35 bits per heavy atom. The summed E-state index contributed by atoms with van der Waals surface area (Å²) in [6.07, 6.45) is 9.34. The van der Waals surface area contributed by atoms with Crippen LogP contribution in [0.1, 0.15) is 51.0 Å². The first-order valence-electron chi connectivity index (χ1n) is 7.74. The molecule has 5 heteroatoms. The predicted octanol–water partition coefficient (Wildman–Crippen LogP) is 2.75. The second kappa shape index (κ2) is 6.39. The van der Waals surface area contributed by atoms with Crippen LogP contribution >= 0.6 is 0 Å². The van der Waals surface area contributed by atoms with Crippen molar-refractivity contribution in [1.82, 2.24) is 9.78 Å². The second-order valence-corrected chi connectivity index (χ2v) is 5.93. The Labute approximate surface area is 119 Å². The normalized spacial score (nSPS) is 23.9. The third-order valence-corrected chi connectivity index (χ3v) is 4.34. The Bertz CT molecular complexity index is 446. The van der Waals surface area contributed by atoms with Gasteiger partial charge in [0.25, 0.3) is 0 Å². The fraction of sp³-hybridized carbons (Fsp3) is 0.733. The summed E-state index contributed by atoms with van der Waals surface area (Å²) < 4.78 is 7.41. The van der Waals surface area contributed by atoms with Crippen molar-refractivity contribution in [2.24, 2.45) is 5.92 Å². The van der Waals surface area contributed by atoms with Gasteiger partial charge in [0.15, 0.2) is 0 Å². The molecule has 1 saturated carbocycles. The van der Waals surface area contributed by atoms with E-state index in [-0.39, 0.29) is 5.91 Å². The van der Waals surface area contributed by atoms with Crippen LogP contribution < -0.4 is 5.32 Å². The van der Waals surface area contributed by atoms with Gasteiger partial charge >= 0.3 is 0 Å². The first-order valence-corrected chi connectivity index (χ1v) is 7.74. The molecule has 20 heavy (non-hydrogen) atoms. The summed E-state index contributed by atoms with van der Waals surface area (Å²) >= 11 is 0. The molecule has 0 radical (unpaired) electrons. The van der Waals surface area contributed by atoms with Crippen molar-refractivity contribution in [3.63, 3.8) is 0 Å². The Morgan fingerprint density at radius 2 is 2.20 bits per heavy atom. The summed E-state index contributed by atoms with van der Waals surface area (Å²) in [5.74, 6) is 1.30. The smallest absolute Gasteiger partial charge is 0.225 e. The summed E-state index contributed by atoms with van der Waals surface area (Å²) in [5, 5.41) is 7.40. The number of carbonyl (C=O) groups excluding carboxylic acids is 1. The molecule has 1 N–H and O–H groups in total. The van der Waals surface area contributed by atoms with Crippen LogP contribution in [0, 0.1) is 5.92 Å². The van der Waals surface area contributed by atoms with Gasteiger partial charge in [-0.25, -0.2) is 4.68 Å². The molecule has 3 rings (SSSR count). The van der Waals surface area contributed by atoms with Crippen LogP contribution in [-0.4, -0.2) is 28.9 Å². The molecule has 1 aromatic rings. The van der Waals surface area contributed by atoms with E-state index in [0.29, 0.717) is 18.4 Å². The zero-order valence-electron chi connectivity index (χ0n) is 11.9. The molecule has 2 fully saturated rings. The van der Waals surface area contributed by atoms with Crippen molar-refractivity contribution in [2.45, 2.75) is 51.0 Å². The van der Waals surface area contributed by atoms with Gasteiger partial charge in [-0.15, -0.1) is 0 Å². The molecule has 0 bridgehead atoms. The second-order valence-electron chi connectivity index (χ2n) is 5.93. The number of carbonyl (C=O) groups is 1. The predicted molar refractivity (Wildman–Crippen MR) is 76.5 cm³/mol. The first kappa shape index (κ1) is 13.6. The van der Waals surface area contributed by atoms with Crippen LogP contribution in [0.5, 0.6) is 0 Å². The first-order chi connectivity index (χ1) is 9.83. The minimum atomic E-state index is 0.0836. The number of ether oxygens (including phenoxy) is 1. The molecule has 1 saturated heterocycles. The number of nitrogens with one attached hydrogen (secondary N) is 1. The minimum Gasteiger partial charge on any atom is -0.381 e. The lowest BCUT2D eigenvalue weighted by molar-refractivity contribution is -0.118. The zero-order valence-corrected chi connectivity index (χ0v) is 11.9. The molecule has 110 valence electrons. The fourth-order valence-electron chi connectivity index (χ4n) is 3.28. The third-order valence-electron chi connectivity index (χ3n) is 4.34. The standard InChI is InChI=1S/C15H23N3O2/c19-15(10-12-4-3-9-20-11-12)17-14-7-8-16-18(14)13-5-1-2-6-13/h7-8,12-13H,1-6,9-11H2,(H,17,19). The highest BCUT2D eigenvalue weighted by molar-refractivity contribution is 5.90. The summed E-state index contributed by atoms with van der Waals surface area (Å²) in [6, 6.07) is 2.35. The van der Waals surface area contributed by atoms with Crippen molar-refractivity contribution in [1.29, 1.82) is 0 Å². The number of hydrogen-bond donors (Lipinski definition) is 1. The van der Waals surface area contributed by atoms with Crippen LogP contribution in [0.2, 0.25) is 0 Å². The van der Waals surface area contributed by atoms with Crippen LogP contribution in [-0.2, 0) is 9.53 Å². The molecule has 1 aromatic heterocycles. The minimum absolute atomic E-state index is 0.0836. The van der Waals surface area contributed by atoms with Gasteiger partial charge in [-0.05, 0) is 31.6 Å². The Balaban J connectivity index is 1.56. The molecule has 0 aromatic carbocycles. The van der Waals surface area contributed by atoms with E-state index >= 15 is 0 Å². The monoisotopic (exact) mass is 277 g/mol. The molecule has 2 heterocycles. The Hall–Kier alpha value is -1.36. The Morgan fingerprint density at radius 3 is 2.95 bits per heavy atom. The number of nitrogens with zero attached hydrogens (tertiary/aromatic N) is 2. The number of rotatable bonds is 4. The van der Waals surface area contributed by atoms with E-state index in [2.05, 4.69) is 10.4 Å². The highest BCUT2D eigenvalue weighted by atomic mass is 16.5. The summed E-state index contributed by atoms with van der Waals surface area (Å²) in [7, 11) is 0. The van der Waals surface area contributed by atoms with Gasteiger partial charge in [0.05, 0.1) is 12.2 Å². The number of amides is 1. The average Bonchev–Trinajstić information content (AvgIpc) is 3.10. The van der Waals surface area contributed by atoms with E-state index in [1.54, 1.807) is 6.20 Å². The van der Waals surface area contributed by atoms with Crippen LogP contribution in [0.15, 0.2) is 12.3 Å². The van der Waals surface area contributed by atoms with Gasteiger partial charge in [-0.2, -0.15) is 5.10 Å². The molecule has 0 spiro atoms. The zero-order chi connectivity index (χ0) is 13.8. The molecular weight excluding hydrogens is 254 g/mol. The lowest BCUT2D eigenvalue weighted by Gasteiger charge is -2.21. The lowest BCUT2D eigenvalue weighted by atomic mass is 9.98. The fourth-order valence-corrected chi connectivity index (χ4v) is 3.28. The van der Waals surface area contributed by atoms with Gasteiger partial charge in [0.1, 0.15) is 5.82 Å². The highest BCUT2D eigenvalue weighted by Crippen LogP contribution is 2.31. The van der Waals surface area contributed by atoms with Crippen molar-refractivity contribution >= 4 is 11.7 Å². The van der Waals surface area contributed by atoms with Crippen LogP contribution in [0.3, 0.4) is 0 Å². The van der Waals surface area contributed by atoms with Gasteiger partial charge in [0, 0.05) is 25.7 Å². The van der Waals surface area contributed by atoms with Crippen molar-refractivity contribution < 1.29 is 9.53 Å². The summed E-state index contributed by atoms with van der Waals surface area (Å²) in [4.78, 5) is 12.1. The molecule has 2 aliphatic rings. The van der Waals surface area contributed by atoms with E-state index in [4.69, 9.17) is 4.74 Å². The van der Waals surface area contributed by atoms with E-state index in [1.165, 1.54) is 25.7 Å². The van der Waals surface area contributed by atoms with Crippen molar-refractivity contribution in [3.8, 4) is 0 Å². The Kier molecular flexibility index (Phi) is 4.35. The maximum atomic E-state index is 12.1. The van der Waals surface area contributed by atoms with E-state index in [0.717, 1.165) is 31.9 Å². The maximum Gasteiger partial charge on any atom is 0.225 e. The molecule has 1 aliphatic carbocycles. The van der Waals surface area contributed by atoms with Gasteiger partial charge < -0.3 is 10.1 Å². The lowest BCUT2D eigenvalue weighted by Crippen LogP contribution is -2.24. The summed E-state index contributed by atoms with van der Waals surface area (Å²) in [5.41, 5.74) is 0. The molecule has 1 unspecified atom stereocenters. The molecule has 5 nitrogen and oxygen atoms in total. The van der Waals surface area contributed by atoms with Gasteiger partial charge in [-0.3, -0.25) is 4.79 Å². The van der Waals surface area contributed by atoms with Crippen molar-refractivity contribution in [3.05, 3.63) is 12.3 Å². The number of hydrogen-bond acceptors (Lipinski definition) is 3. The molecule has 1 aliphatic heterocycles. The quantitative estimate of drug-likeness (QED) is 0.920. The van der Waals surface area contributed by atoms with Gasteiger partial charge in [-0.1, -0.05) is 12.8 Å². The maximum absolute atomic E-state index is 12.1. The highest BCUT2D eigenvalue weighted by Gasteiger charge is 2.22.